The van der Waals surface area contributed by atoms with Gasteiger partial charge in [0.15, 0.2) is 5.76 Å². The quantitative estimate of drug-likeness (QED) is 0.231. The Morgan fingerprint density at radius 3 is 2.83 bits per heavy atom. The van der Waals surface area contributed by atoms with Crippen molar-refractivity contribution >= 4 is 51.7 Å². The van der Waals surface area contributed by atoms with Crippen molar-refractivity contribution in [2.75, 3.05) is 0 Å². The van der Waals surface area contributed by atoms with Crippen LogP contribution in [0.5, 0.6) is 11.5 Å². The van der Waals surface area contributed by atoms with E-state index < -0.39 is 5.97 Å². The van der Waals surface area contributed by atoms with E-state index in [0.29, 0.717) is 27.3 Å². The highest BCUT2D eigenvalue weighted by Crippen LogP contribution is 2.35. The molecule has 0 radical (unpaired) electrons. The highest BCUT2D eigenvalue weighted by molar-refractivity contribution is 7.10. The number of benzene rings is 2. The number of hydrogen-bond acceptors (Lipinski definition) is 6. The molecule has 2 aromatic carbocycles. The van der Waals surface area contributed by atoms with Crippen LogP contribution in [0.4, 0.5) is 0 Å². The molecule has 0 spiro atoms. The average Bonchev–Trinajstić information content (AvgIpc) is 3.42. The molecule has 1 aliphatic heterocycles. The second-order valence-electron chi connectivity index (χ2n) is 6.30. The number of fused-ring (bicyclic) bond motifs is 2. The highest BCUT2D eigenvalue weighted by atomic mass is 35.5. The predicted molar refractivity (Wildman–Crippen MR) is 110 cm³/mol. The fourth-order valence-electron chi connectivity index (χ4n) is 3.01. The lowest BCUT2D eigenvalue weighted by molar-refractivity contribution is 0.0703. The molecule has 0 saturated carbocycles. The minimum absolute atomic E-state index is 0.0537. The Labute approximate surface area is 173 Å². The highest BCUT2D eigenvalue weighted by Gasteiger charge is 2.28. The molecule has 0 atom stereocenters. The number of rotatable bonds is 3. The molecule has 0 aliphatic carbocycles. The Hall–Kier alpha value is -3.35. The summed E-state index contributed by atoms with van der Waals surface area (Å²) >= 11 is 7.46. The molecule has 0 saturated heterocycles. The zero-order valence-electron chi connectivity index (χ0n) is 14.7. The van der Waals surface area contributed by atoms with Crippen LogP contribution in [0.2, 0.25) is 5.02 Å². The maximum absolute atomic E-state index is 12.5. The number of furan rings is 1. The molecular formula is C22H11ClO5S. The zero-order chi connectivity index (χ0) is 20.0. The molecule has 3 heterocycles. The molecule has 1 aliphatic rings. The molecule has 5 nitrogen and oxygen atoms in total. The van der Waals surface area contributed by atoms with E-state index in [4.69, 9.17) is 25.5 Å². The van der Waals surface area contributed by atoms with Crippen LogP contribution in [0.15, 0.2) is 70.2 Å². The van der Waals surface area contributed by atoms with Gasteiger partial charge in [0.25, 0.3) is 0 Å². The fraction of sp³-hybridized carbons (Fsp3) is 0. The van der Waals surface area contributed by atoms with Gasteiger partial charge in [-0.1, -0.05) is 17.7 Å². The number of allylic oxidation sites excluding steroid dienone is 1. The van der Waals surface area contributed by atoms with Gasteiger partial charge in [0, 0.05) is 27.4 Å². The lowest BCUT2D eigenvalue weighted by Crippen LogP contribution is -2.07. The number of Topliss-reactive ketones (excluding diaryl/α,β-unsaturated/α-hetero) is 1. The molecule has 0 amide bonds. The molecule has 4 aromatic rings. The SMILES string of the molecule is O=C(Oc1ccc2c(c1)O/C(=C\c1cccs1)C2=O)c1cc2cc(Cl)ccc2o1. The molecule has 142 valence electrons. The Balaban J connectivity index is 1.38. The first-order valence-electron chi connectivity index (χ1n) is 8.60. The van der Waals surface area contributed by atoms with Crippen LogP contribution in [-0.2, 0) is 0 Å². The van der Waals surface area contributed by atoms with Crippen LogP contribution in [-0.4, -0.2) is 11.8 Å². The largest absolute Gasteiger partial charge is 0.452 e. The first-order valence-corrected chi connectivity index (χ1v) is 9.86. The Bertz CT molecular complexity index is 1300. The predicted octanol–water partition coefficient (Wildman–Crippen LogP) is 5.98. The molecule has 29 heavy (non-hydrogen) atoms. The standard InChI is InChI=1S/C22H11ClO5S/c23-13-3-6-17-12(8-13)9-20(27-17)22(25)26-14-4-5-16-18(10-14)28-19(21(16)24)11-15-2-1-7-29-15/h1-11H/b19-11-. The van der Waals surface area contributed by atoms with E-state index in [1.807, 2.05) is 17.5 Å². The van der Waals surface area contributed by atoms with Gasteiger partial charge < -0.3 is 13.9 Å². The van der Waals surface area contributed by atoms with Crippen molar-refractivity contribution in [3.8, 4) is 11.5 Å². The Morgan fingerprint density at radius 1 is 1.10 bits per heavy atom. The maximum Gasteiger partial charge on any atom is 0.379 e. The number of ketones is 1. The monoisotopic (exact) mass is 422 g/mol. The summed E-state index contributed by atoms with van der Waals surface area (Å²) in [5.41, 5.74) is 0.957. The minimum atomic E-state index is -0.657. The smallest absolute Gasteiger partial charge is 0.379 e. The van der Waals surface area contributed by atoms with E-state index in [2.05, 4.69) is 0 Å². The molecular weight excluding hydrogens is 412 g/mol. The van der Waals surface area contributed by atoms with Crippen LogP contribution in [0.25, 0.3) is 17.0 Å². The van der Waals surface area contributed by atoms with Crippen LogP contribution in [0.3, 0.4) is 0 Å². The number of thiophene rings is 1. The van der Waals surface area contributed by atoms with E-state index in [9.17, 15) is 9.59 Å². The van der Waals surface area contributed by atoms with Gasteiger partial charge in [-0.25, -0.2) is 4.79 Å². The summed E-state index contributed by atoms with van der Waals surface area (Å²) in [6, 6.07) is 15.1. The van der Waals surface area contributed by atoms with Gasteiger partial charge in [-0.3, -0.25) is 4.79 Å². The van der Waals surface area contributed by atoms with Crippen LogP contribution < -0.4 is 9.47 Å². The van der Waals surface area contributed by atoms with Gasteiger partial charge in [0.05, 0.1) is 5.56 Å². The third-order valence-electron chi connectivity index (χ3n) is 4.35. The van der Waals surface area contributed by atoms with Crippen molar-refractivity contribution in [2.24, 2.45) is 0 Å². The molecule has 7 heteroatoms. The van der Waals surface area contributed by atoms with Crippen molar-refractivity contribution in [1.82, 2.24) is 0 Å². The van der Waals surface area contributed by atoms with Crippen LogP contribution in [0.1, 0.15) is 25.8 Å². The van der Waals surface area contributed by atoms with Crippen molar-refractivity contribution < 1.29 is 23.5 Å². The van der Waals surface area contributed by atoms with Crippen molar-refractivity contribution in [2.45, 2.75) is 0 Å². The maximum atomic E-state index is 12.5. The lowest BCUT2D eigenvalue weighted by Gasteiger charge is -2.04. The fourth-order valence-corrected chi connectivity index (χ4v) is 3.83. The number of ether oxygens (including phenoxy) is 2. The summed E-state index contributed by atoms with van der Waals surface area (Å²) in [6.07, 6.45) is 1.69. The van der Waals surface area contributed by atoms with Gasteiger partial charge in [-0.05, 0) is 47.8 Å². The topological polar surface area (TPSA) is 65.7 Å². The number of halogens is 1. The average molecular weight is 423 g/mol. The molecule has 5 rings (SSSR count). The van der Waals surface area contributed by atoms with Gasteiger partial charge >= 0.3 is 5.97 Å². The summed E-state index contributed by atoms with van der Waals surface area (Å²) in [7, 11) is 0. The minimum Gasteiger partial charge on any atom is -0.452 e. The van der Waals surface area contributed by atoms with Crippen LogP contribution in [0, 0.1) is 0 Å². The van der Waals surface area contributed by atoms with Crippen molar-refractivity contribution in [3.05, 3.63) is 87.0 Å². The summed E-state index contributed by atoms with van der Waals surface area (Å²) in [4.78, 5) is 25.8. The number of esters is 1. The Morgan fingerprint density at radius 2 is 2.00 bits per heavy atom. The number of carbonyl (C=O) groups excluding carboxylic acids is 2. The van der Waals surface area contributed by atoms with E-state index in [-0.39, 0.29) is 23.1 Å². The third-order valence-corrected chi connectivity index (χ3v) is 5.40. The van der Waals surface area contributed by atoms with Gasteiger partial charge in [-0.15, -0.1) is 11.3 Å². The second-order valence-corrected chi connectivity index (χ2v) is 7.71. The molecule has 0 bridgehead atoms. The lowest BCUT2D eigenvalue weighted by atomic mass is 10.1. The van der Waals surface area contributed by atoms with Crippen molar-refractivity contribution in [3.63, 3.8) is 0 Å². The zero-order valence-corrected chi connectivity index (χ0v) is 16.3. The number of hydrogen-bond donors (Lipinski definition) is 0. The Kier molecular flexibility index (Phi) is 4.23. The first-order chi connectivity index (χ1) is 14.1. The molecule has 2 aromatic heterocycles. The van der Waals surface area contributed by atoms with Crippen LogP contribution >= 0.6 is 22.9 Å². The summed E-state index contributed by atoms with van der Waals surface area (Å²) in [5, 5.41) is 3.17. The van der Waals surface area contributed by atoms with E-state index in [1.54, 1.807) is 42.5 Å². The second kappa shape index (κ2) is 6.92. The van der Waals surface area contributed by atoms with Gasteiger partial charge in [0.1, 0.15) is 17.1 Å². The van der Waals surface area contributed by atoms with E-state index in [0.717, 1.165) is 4.88 Å². The summed E-state index contributed by atoms with van der Waals surface area (Å²) in [6.45, 7) is 0. The van der Waals surface area contributed by atoms with Gasteiger partial charge in [-0.2, -0.15) is 0 Å². The van der Waals surface area contributed by atoms with E-state index in [1.165, 1.54) is 17.4 Å². The molecule has 0 fully saturated rings. The number of carbonyl (C=O) groups is 2. The van der Waals surface area contributed by atoms with Gasteiger partial charge in [0.2, 0.25) is 11.5 Å². The first kappa shape index (κ1) is 17.7. The van der Waals surface area contributed by atoms with E-state index >= 15 is 0 Å². The molecule has 0 N–H and O–H groups in total. The summed E-state index contributed by atoms with van der Waals surface area (Å²) in [5.74, 6) is 0.0198. The normalized spacial score (nSPS) is 14.2. The van der Waals surface area contributed by atoms with Crippen molar-refractivity contribution in [1.29, 1.82) is 0 Å². The summed E-state index contributed by atoms with van der Waals surface area (Å²) < 4.78 is 16.6. The third kappa shape index (κ3) is 3.33. The molecule has 0 unspecified atom stereocenters.